The summed E-state index contributed by atoms with van der Waals surface area (Å²) in [5.74, 6) is 0.231. The van der Waals surface area contributed by atoms with Gasteiger partial charge >= 0.3 is 0 Å². The van der Waals surface area contributed by atoms with Crippen LogP contribution in [0.2, 0.25) is 0 Å². The van der Waals surface area contributed by atoms with Crippen molar-refractivity contribution in [3.05, 3.63) is 0 Å². The maximum Gasteiger partial charge on any atom is 0.222 e. The highest BCUT2D eigenvalue weighted by atomic mass is 16.5. The fraction of sp³-hybridized carbons (Fsp3) is 0.933. The molecule has 3 heteroatoms. The number of rotatable bonds is 10. The second-order valence-electron chi connectivity index (χ2n) is 4.47. The average Bonchev–Trinajstić information content (AvgIpc) is 2.38. The van der Waals surface area contributed by atoms with E-state index in [1.165, 1.54) is 19.3 Å². The summed E-state index contributed by atoms with van der Waals surface area (Å²) in [7, 11) is 0. The molecule has 0 rings (SSSR count). The number of ether oxygens (including phenoxy) is 1. The number of carbonyl (C=O) groups is 1. The fourth-order valence-corrected chi connectivity index (χ4v) is 1.30. The van der Waals surface area contributed by atoms with E-state index in [0.717, 1.165) is 32.6 Å². The van der Waals surface area contributed by atoms with Gasteiger partial charge in [0.1, 0.15) is 0 Å². The van der Waals surface area contributed by atoms with Gasteiger partial charge in [-0.2, -0.15) is 0 Å². The van der Waals surface area contributed by atoms with Gasteiger partial charge in [0, 0.05) is 25.7 Å². The number of nitrogens with one attached hydrogen (secondary N) is 1. The molecule has 0 radical (unpaired) electrons. The van der Waals surface area contributed by atoms with E-state index in [1.807, 2.05) is 27.7 Å². The Morgan fingerprint density at radius 2 is 1.61 bits per heavy atom. The minimum Gasteiger partial charge on any atom is -0.381 e. The number of unbranched alkanes of at least 4 members (excludes halogenated alkanes) is 3. The van der Waals surface area contributed by atoms with Gasteiger partial charge in [-0.1, -0.05) is 47.5 Å². The first-order chi connectivity index (χ1) is 8.68. The van der Waals surface area contributed by atoms with Crippen molar-refractivity contribution < 1.29 is 9.53 Å². The predicted molar refractivity (Wildman–Crippen MR) is 78.8 cm³/mol. The molecule has 0 bridgehead atoms. The van der Waals surface area contributed by atoms with E-state index in [4.69, 9.17) is 4.74 Å². The Balaban J connectivity index is 0. The Hall–Kier alpha value is -0.570. The molecule has 0 saturated carbocycles. The summed E-state index contributed by atoms with van der Waals surface area (Å²) < 4.78 is 5.48. The molecule has 0 aliphatic carbocycles. The zero-order chi connectivity index (χ0) is 14.2. The maximum atomic E-state index is 11.2. The third kappa shape index (κ3) is 15.4. The summed E-state index contributed by atoms with van der Waals surface area (Å²) in [6, 6.07) is 0. The van der Waals surface area contributed by atoms with E-state index in [9.17, 15) is 4.79 Å². The molecule has 0 saturated heterocycles. The number of carbonyl (C=O) groups excluding carboxylic acids is 1. The highest BCUT2D eigenvalue weighted by Gasteiger charge is 2.04. The van der Waals surface area contributed by atoms with Crippen LogP contribution in [0.3, 0.4) is 0 Å². The standard InChI is InChI=1S/C13H27NO2.C2H6/c1-4-5-7-10-16-11-8-6-9-14-13(15)12(2)3;1-2/h12H,4-11H2,1-3H3,(H,14,15);1-2H3. The first-order valence-corrected chi connectivity index (χ1v) is 7.54. The first-order valence-electron chi connectivity index (χ1n) is 7.54. The van der Waals surface area contributed by atoms with Crippen molar-refractivity contribution in [2.45, 2.75) is 66.7 Å². The van der Waals surface area contributed by atoms with Crippen LogP contribution < -0.4 is 5.32 Å². The third-order valence-corrected chi connectivity index (χ3v) is 2.43. The smallest absolute Gasteiger partial charge is 0.222 e. The SMILES string of the molecule is CC.CCCCCOCCCCNC(=O)C(C)C. The molecule has 18 heavy (non-hydrogen) atoms. The molecule has 0 spiro atoms. The zero-order valence-electron chi connectivity index (χ0n) is 13.1. The van der Waals surface area contributed by atoms with Gasteiger partial charge in [0.2, 0.25) is 5.91 Å². The van der Waals surface area contributed by atoms with Crippen molar-refractivity contribution in [3.63, 3.8) is 0 Å². The van der Waals surface area contributed by atoms with Crippen molar-refractivity contribution >= 4 is 5.91 Å². The van der Waals surface area contributed by atoms with Gasteiger partial charge < -0.3 is 10.1 Å². The summed E-state index contributed by atoms with van der Waals surface area (Å²) in [4.78, 5) is 11.2. The molecule has 0 aromatic carbocycles. The van der Waals surface area contributed by atoms with E-state index < -0.39 is 0 Å². The van der Waals surface area contributed by atoms with Crippen molar-refractivity contribution in [2.75, 3.05) is 19.8 Å². The Morgan fingerprint density at radius 3 is 2.11 bits per heavy atom. The Morgan fingerprint density at radius 1 is 1.06 bits per heavy atom. The lowest BCUT2D eigenvalue weighted by molar-refractivity contribution is -0.123. The van der Waals surface area contributed by atoms with E-state index in [2.05, 4.69) is 12.2 Å². The Bertz CT molecular complexity index is 170. The molecule has 3 nitrogen and oxygen atoms in total. The quantitative estimate of drug-likeness (QED) is 0.606. The predicted octanol–water partition coefficient (Wildman–Crippen LogP) is 3.77. The molecule has 1 N–H and O–H groups in total. The molecule has 1 amide bonds. The van der Waals surface area contributed by atoms with Gasteiger partial charge in [-0.05, 0) is 19.3 Å². The largest absolute Gasteiger partial charge is 0.381 e. The van der Waals surface area contributed by atoms with Crippen LogP contribution in [0.25, 0.3) is 0 Å². The van der Waals surface area contributed by atoms with Crippen molar-refractivity contribution in [1.29, 1.82) is 0 Å². The number of amides is 1. The third-order valence-electron chi connectivity index (χ3n) is 2.43. The van der Waals surface area contributed by atoms with Crippen LogP contribution in [0, 0.1) is 5.92 Å². The highest BCUT2D eigenvalue weighted by Crippen LogP contribution is 1.96. The fourth-order valence-electron chi connectivity index (χ4n) is 1.30. The summed E-state index contributed by atoms with van der Waals surface area (Å²) >= 11 is 0. The highest BCUT2D eigenvalue weighted by molar-refractivity contribution is 5.77. The number of hydrogen-bond acceptors (Lipinski definition) is 2. The number of hydrogen-bond donors (Lipinski definition) is 1. The lowest BCUT2D eigenvalue weighted by Gasteiger charge is -2.07. The second kappa shape index (κ2) is 16.4. The van der Waals surface area contributed by atoms with Crippen LogP contribution in [0.5, 0.6) is 0 Å². The maximum absolute atomic E-state index is 11.2. The topological polar surface area (TPSA) is 38.3 Å². The zero-order valence-corrected chi connectivity index (χ0v) is 13.1. The van der Waals surface area contributed by atoms with Gasteiger partial charge in [-0.3, -0.25) is 4.79 Å². The van der Waals surface area contributed by atoms with Crippen molar-refractivity contribution in [1.82, 2.24) is 5.32 Å². The van der Waals surface area contributed by atoms with Crippen LogP contribution in [-0.2, 0) is 9.53 Å². The van der Waals surface area contributed by atoms with Crippen LogP contribution in [0.1, 0.15) is 66.7 Å². The Labute approximate surface area is 114 Å². The molecular weight excluding hydrogens is 226 g/mol. The summed E-state index contributed by atoms with van der Waals surface area (Å²) in [5.41, 5.74) is 0. The van der Waals surface area contributed by atoms with Gasteiger partial charge in [0.25, 0.3) is 0 Å². The lowest BCUT2D eigenvalue weighted by Crippen LogP contribution is -2.28. The van der Waals surface area contributed by atoms with Crippen molar-refractivity contribution in [2.24, 2.45) is 5.92 Å². The van der Waals surface area contributed by atoms with E-state index >= 15 is 0 Å². The molecule has 0 aliphatic rings. The first kappa shape index (κ1) is 19.8. The van der Waals surface area contributed by atoms with E-state index in [1.54, 1.807) is 0 Å². The summed E-state index contributed by atoms with van der Waals surface area (Å²) in [6.45, 7) is 12.5. The minimum atomic E-state index is 0.0882. The molecule has 0 aromatic heterocycles. The molecule has 0 unspecified atom stereocenters. The second-order valence-corrected chi connectivity index (χ2v) is 4.47. The van der Waals surface area contributed by atoms with E-state index in [-0.39, 0.29) is 11.8 Å². The van der Waals surface area contributed by atoms with Gasteiger partial charge in [-0.25, -0.2) is 0 Å². The van der Waals surface area contributed by atoms with Gasteiger partial charge in [0.05, 0.1) is 0 Å². The molecule has 0 aromatic rings. The van der Waals surface area contributed by atoms with Crippen molar-refractivity contribution in [3.8, 4) is 0 Å². The van der Waals surface area contributed by atoms with Gasteiger partial charge in [-0.15, -0.1) is 0 Å². The van der Waals surface area contributed by atoms with Crippen LogP contribution in [0.4, 0.5) is 0 Å². The van der Waals surface area contributed by atoms with Crippen LogP contribution >= 0.6 is 0 Å². The van der Waals surface area contributed by atoms with Crippen LogP contribution in [0.15, 0.2) is 0 Å². The molecule has 110 valence electrons. The molecule has 0 aliphatic heterocycles. The Kier molecular flexibility index (Phi) is 18.0. The van der Waals surface area contributed by atoms with Crippen LogP contribution in [-0.4, -0.2) is 25.7 Å². The molecule has 0 fully saturated rings. The average molecular weight is 259 g/mol. The van der Waals surface area contributed by atoms with E-state index in [0.29, 0.717) is 0 Å². The lowest BCUT2D eigenvalue weighted by atomic mass is 10.2. The molecule has 0 heterocycles. The summed E-state index contributed by atoms with van der Waals surface area (Å²) in [6.07, 6.45) is 5.70. The minimum absolute atomic E-state index is 0.0882. The molecular formula is C15H33NO2. The monoisotopic (exact) mass is 259 g/mol. The summed E-state index contributed by atoms with van der Waals surface area (Å²) in [5, 5.41) is 2.90. The molecule has 0 atom stereocenters. The normalized spacial score (nSPS) is 9.89. The van der Waals surface area contributed by atoms with Gasteiger partial charge in [0.15, 0.2) is 0 Å².